The molecular formula is C47H58Zr-4. The van der Waals surface area contributed by atoms with Gasteiger partial charge >= 0.3 is 28.4 Å². The van der Waals surface area contributed by atoms with Crippen LogP contribution in [0.4, 0.5) is 0 Å². The van der Waals surface area contributed by atoms with Gasteiger partial charge in [-0.05, 0) is 44.2 Å². The minimum absolute atomic E-state index is 0.0554. The fourth-order valence-electron chi connectivity index (χ4n) is 5.38. The predicted molar refractivity (Wildman–Crippen MR) is 215 cm³/mol. The Labute approximate surface area is 308 Å². The van der Waals surface area contributed by atoms with Crippen molar-refractivity contribution in [2.75, 3.05) is 0 Å². The van der Waals surface area contributed by atoms with Crippen LogP contribution in [-0.4, -0.2) is 4.21 Å². The monoisotopic (exact) mass is 712 g/mol. The summed E-state index contributed by atoms with van der Waals surface area (Å²) in [6, 6.07) is 43.7. The van der Waals surface area contributed by atoms with E-state index in [1.807, 2.05) is 30.3 Å². The molecule has 0 aromatic heterocycles. The van der Waals surface area contributed by atoms with Crippen LogP contribution in [-0.2, 0) is 35.1 Å². The maximum absolute atomic E-state index is 3.64. The van der Waals surface area contributed by atoms with Gasteiger partial charge in [0.25, 0.3) is 0 Å². The van der Waals surface area contributed by atoms with E-state index in [9.17, 15) is 0 Å². The fraction of sp³-hybridized carbons (Fsp3) is 0.298. The third-order valence-corrected chi connectivity index (χ3v) is 7.32. The zero-order chi connectivity index (χ0) is 36.1. The molecule has 0 saturated heterocycles. The van der Waals surface area contributed by atoms with Gasteiger partial charge in [0.2, 0.25) is 0 Å². The predicted octanol–water partition coefficient (Wildman–Crippen LogP) is 14.0. The first kappa shape index (κ1) is 41.0. The molecule has 0 saturated carbocycles. The molecule has 6 aromatic rings. The summed E-state index contributed by atoms with van der Waals surface area (Å²) in [5, 5.41) is 5.36. The minimum Gasteiger partial charge on any atom is -0.214 e. The van der Waals surface area contributed by atoms with Crippen molar-refractivity contribution in [3.63, 3.8) is 0 Å². The van der Waals surface area contributed by atoms with E-state index in [4.69, 9.17) is 0 Å². The molecule has 1 heteroatoms. The Morgan fingerprint density at radius 2 is 0.854 bits per heavy atom. The second-order valence-electron chi connectivity index (χ2n) is 15.1. The SMILES string of the molecule is CC(C)(C)c1cc2c(cc1-c1ccccc1)[cH-]c1cc(-c3ccccc3)c(C(C)(C)C)cc12.[CH2-]C(C)C.[CH2-]C(C)C.[CH2]=[Zr].c1cc[cH-]c1. The molecule has 0 amide bonds. The van der Waals surface area contributed by atoms with Crippen LogP contribution in [0.25, 0.3) is 43.8 Å². The van der Waals surface area contributed by atoms with Gasteiger partial charge in [-0.15, -0.1) is 39.7 Å². The smallest absolute Gasteiger partial charge is 0.172 e. The standard InChI is InChI=1S/C33H33.C5H5.2C4H9.CH2.Zr/c1-32(2,3)30-20-26-24(18-28(30)22-13-9-7-10-14-22)17-25-19-29(23-15-11-8-12-16-23)31(21-27(25)26)33(4,5)6;1-2-4-5-3-1;2*1-4(2)3;;/h7-21H,1-6H3;1-5H;2*4H,1H2,2-3H3;1H2;/q4*-1;;. The van der Waals surface area contributed by atoms with Crippen molar-refractivity contribution >= 4 is 25.8 Å². The second kappa shape index (κ2) is 19.1. The number of rotatable bonds is 2. The molecular weight excluding hydrogens is 656 g/mol. The molecule has 0 aliphatic carbocycles. The first-order valence-electron chi connectivity index (χ1n) is 17.1. The molecule has 6 aromatic carbocycles. The van der Waals surface area contributed by atoms with E-state index < -0.39 is 0 Å². The molecule has 6 rings (SSSR count). The number of hydrogen-bond donors (Lipinski definition) is 0. The summed E-state index contributed by atoms with van der Waals surface area (Å²) in [5.41, 5.74) is 8.16. The minimum atomic E-state index is 0.0554. The molecule has 0 N–H and O–H groups in total. The van der Waals surface area contributed by atoms with Gasteiger partial charge in [-0.25, -0.2) is 12.1 Å². The van der Waals surface area contributed by atoms with Gasteiger partial charge in [-0.1, -0.05) is 142 Å². The summed E-state index contributed by atoms with van der Waals surface area (Å²) in [6.45, 7) is 29.4. The van der Waals surface area contributed by atoms with Gasteiger partial charge in [0, 0.05) is 0 Å². The average molecular weight is 714 g/mol. The van der Waals surface area contributed by atoms with E-state index in [1.165, 1.54) is 79.2 Å². The van der Waals surface area contributed by atoms with Crippen molar-refractivity contribution in [3.05, 3.63) is 146 Å². The Bertz CT molecular complexity index is 1610. The van der Waals surface area contributed by atoms with Crippen molar-refractivity contribution in [2.24, 2.45) is 11.8 Å². The zero-order valence-electron chi connectivity index (χ0n) is 31.3. The van der Waals surface area contributed by atoms with Gasteiger partial charge in [-0.2, -0.15) is 30.0 Å². The van der Waals surface area contributed by atoms with Gasteiger partial charge in [0.1, 0.15) is 0 Å². The molecule has 254 valence electrons. The van der Waals surface area contributed by atoms with Crippen molar-refractivity contribution in [1.82, 2.24) is 0 Å². The molecule has 0 aliphatic rings. The molecule has 0 unspecified atom stereocenters. The van der Waals surface area contributed by atoms with Crippen LogP contribution in [0.5, 0.6) is 0 Å². The second-order valence-corrected chi connectivity index (χ2v) is 15.1. The maximum Gasteiger partial charge on any atom is -0.172 e. The summed E-state index contributed by atoms with van der Waals surface area (Å²) in [6.07, 6.45) is 0. The van der Waals surface area contributed by atoms with Crippen LogP contribution in [0.2, 0.25) is 0 Å². The average Bonchev–Trinajstić information content (AvgIpc) is 3.72. The fourth-order valence-corrected chi connectivity index (χ4v) is 5.38. The van der Waals surface area contributed by atoms with Crippen LogP contribution in [0.1, 0.15) is 80.4 Å². The van der Waals surface area contributed by atoms with Crippen LogP contribution in [0.15, 0.2) is 121 Å². The van der Waals surface area contributed by atoms with Crippen molar-refractivity contribution in [3.8, 4) is 22.3 Å². The first-order chi connectivity index (χ1) is 22.6. The first-order valence-corrected chi connectivity index (χ1v) is 18.8. The van der Waals surface area contributed by atoms with Gasteiger partial charge < -0.3 is 13.8 Å². The van der Waals surface area contributed by atoms with E-state index in [0.29, 0.717) is 11.8 Å². The van der Waals surface area contributed by atoms with Crippen molar-refractivity contribution in [2.45, 2.75) is 80.1 Å². The summed E-state index contributed by atoms with van der Waals surface area (Å²) >= 11 is 1.30. The topological polar surface area (TPSA) is 0 Å². The molecule has 0 nitrogen and oxygen atoms in total. The van der Waals surface area contributed by atoms with Crippen LogP contribution < -0.4 is 0 Å². The molecule has 0 bridgehead atoms. The molecule has 48 heavy (non-hydrogen) atoms. The van der Waals surface area contributed by atoms with E-state index in [2.05, 4.69) is 178 Å². The molecule has 0 radical (unpaired) electrons. The molecule has 0 atom stereocenters. The van der Waals surface area contributed by atoms with Crippen molar-refractivity contribution < 1.29 is 24.2 Å². The maximum atomic E-state index is 3.64. The van der Waals surface area contributed by atoms with E-state index in [-0.39, 0.29) is 10.8 Å². The van der Waals surface area contributed by atoms with Crippen LogP contribution in [0.3, 0.4) is 0 Å². The quantitative estimate of drug-likeness (QED) is 0.157. The Kier molecular flexibility index (Phi) is 16.4. The van der Waals surface area contributed by atoms with E-state index in [0.717, 1.165) is 0 Å². The normalized spacial score (nSPS) is 11.0. The number of benzene rings is 4. The molecule has 0 heterocycles. The van der Waals surface area contributed by atoms with Crippen LogP contribution in [0, 0.1) is 25.7 Å². The van der Waals surface area contributed by atoms with Gasteiger partial charge in [-0.3, -0.25) is 0 Å². The van der Waals surface area contributed by atoms with Crippen molar-refractivity contribution in [1.29, 1.82) is 0 Å². The largest absolute Gasteiger partial charge is 0.214 e. The Balaban J connectivity index is 0.000000448. The van der Waals surface area contributed by atoms with E-state index in [1.54, 1.807) is 0 Å². The van der Waals surface area contributed by atoms with Gasteiger partial charge in [0.05, 0.1) is 0 Å². The summed E-state index contributed by atoms with van der Waals surface area (Å²) in [4.78, 5) is 0. The van der Waals surface area contributed by atoms with Gasteiger partial charge in [0.15, 0.2) is 0 Å². The summed E-state index contributed by atoms with van der Waals surface area (Å²) in [5.74, 6) is 1.17. The third kappa shape index (κ3) is 12.4. The van der Waals surface area contributed by atoms with Crippen LogP contribution >= 0.6 is 0 Å². The molecule has 0 aliphatic heterocycles. The summed E-state index contributed by atoms with van der Waals surface area (Å²) < 4.78 is 3.34. The Morgan fingerprint density at radius 1 is 0.542 bits per heavy atom. The number of fused-ring (bicyclic) bond motifs is 3. The third-order valence-electron chi connectivity index (χ3n) is 7.32. The Hall–Kier alpha value is -3.15. The van der Waals surface area contributed by atoms with E-state index >= 15 is 0 Å². The summed E-state index contributed by atoms with van der Waals surface area (Å²) in [7, 11) is 0. The zero-order valence-corrected chi connectivity index (χ0v) is 33.8. The number of hydrogen-bond acceptors (Lipinski definition) is 0. The Morgan fingerprint density at radius 3 is 1.10 bits per heavy atom. The molecule has 0 fully saturated rings. The molecule has 0 spiro atoms.